The second kappa shape index (κ2) is 5.31. The molecule has 2 aliphatic rings. The van der Waals surface area contributed by atoms with Gasteiger partial charge >= 0.3 is 5.97 Å². The summed E-state index contributed by atoms with van der Waals surface area (Å²) in [6, 6.07) is 1.40. The van der Waals surface area contributed by atoms with Crippen LogP contribution in [0, 0.1) is 5.82 Å². The maximum absolute atomic E-state index is 14.6. The van der Waals surface area contributed by atoms with E-state index in [1.165, 1.54) is 6.20 Å². The molecular weight excluding hydrogens is 315 g/mol. The Balaban J connectivity index is 1.99. The standard InChI is InChI=1S/C17H17FN2O4/c1-8-7-24-16-11(5-19-9-2-3-9)13(18)4-10-14(16)20(8)6-12(15(10)21)17(22)23/h4,6,8-9,19H,2-3,5,7H2,1H3,(H,22,23)/t8-/m0/s1. The number of aromatic nitrogens is 1. The van der Waals surface area contributed by atoms with E-state index >= 15 is 0 Å². The zero-order valence-corrected chi connectivity index (χ0v) is 13.1. The van der Waals surface area contributed by atoms with Crippen LogP contribution >= 0.6 is 0 Å². The lowest BCUT2D eigenvalue weighted by Gasteiger charge is -2.28. The number of aromatic carboxylic acids is 1. The molecule has 24 heavy (non-hydrogen) atoms. The molecule has 0 amide bonds. The Labute approximate surface area is 136 Å². The maximum atomic E-state index is 14.6. The van der Waals surface area contributed by atoms with E-state index in [1.807, 2.05) is 6.92 Å². The van der Waals surface area contributed by atoms with Crippen LogP contribution in [0.15, 0.2) is 17.1 Å². The van der Waals surface area contributed by atoms with Crippen molar-refractivity contribution in [1.82, 2.24) is 9.88 Å². The fraction of sp³-hybridized carbons (Fsp3) is 0.412. The first-order valence-electron chi connectivity index (χ1n) is 7.97. The van der Waals surface area contributed by atoms with Gasteiger partial charge in [0.15, 0.2) is 5.75 Å². The highest BCUT2D eigenvalue weighted by atomic mass is 19.1. The normalized spacial score (nSPS) is 19.3. The van der Waals surface area contributed by atoms with Crippen molar-refractivity contribution in [2.75, 3.05) is 6.61 Å². The number of carboxylic acids is 1. The summed E-state index contributed by atoms with van der Waals surface area (Å²) in [6.07, 6.45) is 3.49. The fourth-order valence-electron chi connectivity index (χ4n) is 3.13. The molecule has 7 heteroatoms. The number of carbonyl (C=O) groups is 1. The second-order valence-corrected chi connectivity index (χ2v) is 6.46. The van der Waals surface area contributed by atoms with Crippen LogP contribution in [0.1, 0.15) is 41.7 Å². The van der Waals surface area contributed by atoms with Gasteiger partial charge in [-0.1, -0.05) is 0 Å². The second-order valence-electron chi connectivity index (χ2n) is 6.46. The molecule has 2 heterocycles. The Bertz CT molecular complexity index is 917. The average Bonchev–Trinajstić information content (AvgIpc) is 3.35. The van der Waals surface area contributed by atoms with Crippen molar-refractivity contribution >= 4 is 16.9 Å². The minimum absolute atomic E-state index is 0.0455. The van der Waals surface area contributed by atoms with Crippen LogP contribution in [0.25, 0.3) is 10.9 Å². The van der Waals surface area contributed by atoms with E-state index in [4.69, 9.17) is 4.74 Å². The highest BCUT2D eigenvalue weighted by molar-refractivity contribution is 5.95. The van der Waals surface area contributed by atoms with Crippen LogP contribution in [0.4, 0.5) is 4.39 Å². The van der Waals surface area contributed by atoms with E-state index in [2.05, 4.69) is 5.32 Å². The van der Waals surface area contributed by atoms with Crippen LogP contribution in [-0.2, 0) is 6.54 Å². The maximum Gasteiger partial charge on any atom is 0.341 e. The number of hydrogen-bond acceptors (Lipinski definition) is 4. The molecule has 1 saturated carbocycles. The van der Waals surface area contributed by atoms with Crippen molar-refractivity contribution in [2.24, 2.45) is 0 Å². The van der Waals surface area contributed by atoms with Crippen LogP contribution < -0.4 is 15.5 Å². The zero-order valence-electron chi connectivity index (χ0n) is 13.1. The third-order valence-corrected chi connectivity index (χ3v) is 4.64. The van der Waals surface area contributed by atoms with Gasteiger partial charge in [0.05, 0.1) is 16.9 Å². The number of nitrogens with one attached hydrogen (secondary N) is 1. The van der Waals surface area contributed by atoms with E-state index in [1.54, 1.807) is 4.57 Å². The Morgan fingerprint density at radius 1 is 1.50 bits per heavy atom. The van der Waals surface area contributed by atoms with Gasteiger partial charge in [-0.05, 0) is 25.8 Å². The largest absolute Gasteiger partial charge is 0.489 e. The fourth-order valence-corrected chi connectivity index (χ4v) is 3.13. The van der Waals surface area contributed by atoms with E-state index in [-0.39, 0.29) is 17.0 Å². The molecule has 1 atom stereocenters. The molecule has 1 aromatic carbocycles. The summed E-state index contributed by atoms with van der Waals surface area (Å²) in [5, 5.41) is 12.5. The van der Waals surface area contributed by atoms with Gasteiger partial charge in [-0.25, -0.2) is 9.18 Å². The van der Waals surface area contributed by atoms with Crippen LogP contribution in [0.3, 0.4) is 0 Å². The summed E-state index contributed by atoms with van der Waals surface area (Å²) in [4.78, 5) is 23.8. The molecule has 126 valence electrons. The summed E-state index contributed by atoms with van der Waals surface area (Å²) in [5.41, 5.74) is -0.186. The highest BCUT2D eigenvalue weighted by Crippen LogP contribution is 2.36. The number of hydrogen-bond donors (Lipinski definition) is 2. The van der Waals surface area contributed by atoms with Gasteiger partial charge in [-0.3, -0.25) is 4.79 Å². The smallest absolute Gasteiger partial charge is 0.341 e. The van der Waals surface area contributed by atoms with Crippen molar-refractivity contribution in [2.45, 2.75) is 38.4 Å². The molecule has 0 spiro atoms. The van der Waals surface area contributed by atoms with Gasteiger partial charge in [0.2, 0.25) is 5.43 Å². The van der Waals surface area contributed by atoms with Gasteiger partial charge in [0.25, 0.3) is 0 Å². The lowest BCUT2D eigenvalue weighted by Crippen LogP contribution is -2.28. The highest BCUT2D eigenvalue weighted by Gasteiger charge is 2.29. The first-order chi connectivity index (χ1) is 11.5. The van der Waals surface area contributed by atoms with Gasteiger partial charge in [-0.2, -0.15) is 0 Å². The SMILES string of the molecule is C[C@H]1COc2c(CNC3CC3)c(F)cc3c(=O)c(C(=O)O)cn1c23. The number of pyridine rings is 1. The number of benzene rings is 1. The van der Waals surface area contributed by atoms with Gasteiger partial charge < -0.3 is 19.7 Å². The molecular formula is C17H17FN2O4. The topological polar surface area (TPSA) is 80.6 Å². The summed E-state index contributed by atoms with van der Waals surface area (Å²) in [5.74, 6) is -1.53. The zero-order chi connectivity index (χ0) is 17.0. The van der Waals surface area contributed by atoms with Crippen molar-refractivity contribution in [3.05, 3.63) is 39.4 Å². The molecule has 0 unspecified atom stereocenters. The molecule has 1 aliphatic carbocycles. The number of ether oxygens (including phenoxy) is 1. The quantitative estimate of drug-likeness (QED) is 0.896. The van der Waals surface area contributed by atoms with Crippen molar-refractivity contribution < 1.29 is 19.0 Å². The van der Waals surface area contributed by atoms with Crippen LogP contribution in [0.2, 0.25) is 0 Å². The molecule has 6 nitrogen and oxygen atoms in total. The van der Waals surface area contributed by atoms with Gasteiger partial charge in [0, 0.05) is 24.3 Å². The Kier molecular flexibility index (Phi) is 3.35. The number of nitrogens with zero attached hydrogens (tertiary/aromatic N) is 1. The Morgan fingerprint density at radius 3 is 2.92 bits per heavy atom. The minimum Gasteiger partial charge on any atom is -0.489 e. The van der Waals surface area contributed by atoms with Crippen molar-refractivity contribution in [3.8, 4) is 5.75 Å². The molecule has 0 bridgehead atoms. The van der Waals surface area contributed by atoms with E-state index < -0.39 is 17.2 Å². The lowest BCUT2D eigenvalue weighted by molar-refractivity contribution is 0.0694. The molecule has 0 radical (unpaired) electrons. The molecule has 2 N–H and O–H groups in total. The summed E-state index contributed by atoms with van der Waals surface area (Å²) in [7, 11) is 0. The molecule has 1 aromatic heterocycles. The van der Waals surface area contributed by atoms with E-state index in [0.717, 1.165) is 18.9 Å². The first-order valence-corrected chi connectivity index (χ1v) is 7.97. The third kappa shape index (κ3) is 2.27. The van der Waals surface area contributed by atoms with E-state index in [0.29, 0.717) is 36.0 Å². The van der Waals surface area contributed by atoms with Crippen molar-refractivity contribution in [3.63, 3.8) is 0 Å². The van der Waals surface area contributed by atoms with Gasteiger partial charge in [0.1, 0.15) is 18.0 Å². The Morgan fingerprint density at radius 2 is 2.25 bits per heavy atom. The van der Waals surface area contributed by atoms with Crippen LogP contribution in [-0.4, -0.2) is 28.3 Å². The number of carboxylic acid groups (broad SMARTS) is 1. The number of halogens is 1. The summed E-state index contributed by atoms with van der Waals surface area (Å²) >= 11 is 0. The molecule has 1 aliphatic heterocycles. The summed E-state index contributed by atoms with van der Waals surface area (Å²) in [6.45, 7) is 2.49. The third-order valence-electron chi connectivity index (χ3n) is 4.64. The average molecular weight is 332 g/mol. The molecule has 2 aromatic rings. The van der Waals surface area contributed by atoms with Gasteiger partial charge in [-0.15, -0.1) is 0 Å². The first kappa shape index (κ1) is 15.1. The lowest BCUT2D eigenvalue weighted by atomic mass is 10.0. The monoisotopic (exact) mass is 332 g/mol. The predicted octanol–water partition coefficient (Wildman–Crippen LogP) is 2.04. The van der Waals surface area contributed by atoms with Crippen molar-refractivity contribution in [1.29, 1.82) is 0 Å². The molecule has 4 rings (SSSR count). The van der Waals surface area contributed by atoms with Crippen LogP contribution in [0.5, 0.6) is 5.75 Å². The summed E-state index contributed by atoms with van der Waals surface area (Å²) < 4.78 is 22.0. The Hall–Kier alpha value is -2.41. The van der Waals surface area contributed by atoms with E-state index in [9.17, 15) is 19.1 Å². The molecule has 0 saturated heterocycles. The predicted molar refractivity (Wildman–Crippen MR) is 85.2 cm³/mol. The number of rotatable bonds is 4. The minimum atomic E-state index is -1.31. The molecule has 1 fully saturated rings.